The monoisotopic (exact) mass is 467 g/mol. The van der Waals surface area contributed by atoms with Crippen LogP contribution in [0.15, 0.2) is 0 Å². The third-order valence-corrected chi connectivity index (χ3v) is 4.70. The van der Waals surface area contributed by atoms with Gasteiger partial charge < -0.3 is 9.57 Å². The van der Waals surface area contributed by atoms with E-state index in [9.17, 15) is 44.7 Å². The zero-order valence-corrected chi connectivity index (χ0v) is 16.2. The number of nitrogens with zero attached hydrogens (tertiary/aromatic N) is 1. The Morgan fingerprint density at radius 2 is 1.50 bits per heavy atom. The van der Waals surface area contributed by atoms with Gasteiger partial charge in [-0.1, -0.05) is 0 Å². The van der Waals surface area contributed by atoms with E-state index >= 15 is 0 Å². The minimum absolute atomic E-state index is 0.0817. The molecule has 14 heteroatoms. The lowest BCUT2D eigenvalue weighted by molar-refractivity contribution is -0.166. The Balaban J connectivity index is 2.50. The second-order valence-corrected chi connectivity index (χ2v) is 8.61. The van der Waals surface area contributed by atoms with Gasteiger partial charge in [-0.15, -0.1) is 5.06 Å². The lowest BCUT2D eigenvalue weighted by atomic mass is 9.97. The topological polar surface area (TPSA) is 55.8 Å². The first-order valence-corrected chi connectivity index (χ1v) is 8.79. The van der Waals surface area contributed by atoms with E-state index in [-0.39, 0.29) is 5.06 Å². The van der Waals surface area contributed by atoms with Crippen molar-refractivity contribution in [3.63, 3.8) is 0 Å². The van der Waals surface area contributed by atoms with Crippen LogP contribution < -0.4 is 0 Å². The standard InChI is InChI=1S/C16H13F8NO4S/c1-14(2,3)28-13(27)25-5-15(12(26)29-25,30-16(22,23)24)4-6-7(17)9(19)11(21)10(20)8(6)18/h4-5H2,1-3H3/t15-/m0/s1. The van der Waals surface area contributed by atoms with Crippen molar-refractivity contribution >= 4 is 23.8 Å². The molecule has 1 aliphatic heterocycles. The number of hydrogen-bond acceptors (Lipinski definition) is 5. The summed E-state index contributed by atoms with van der Waals surface area (Å²) in [5, 5.41) is 0.0817. The quantitative estimate of drug-likeness (QED) is 0.369. The molecule has 5 nitrogen and oxygen atoms in total. The number of hydroxylamine groups is 2. The van der Waals surface area contributed by atoms with Crippen LogP contribution in [-0.2, 0) is 20.8 Å². The molecular formula is C16H13F8NO4S. The van der Waals surface area contributed by atoms with Crippen LogP contribution in [0.25, 0.3) is 0 Å². The Hall–Kier alpha value is -2.25. The van der Waals surface area contributed by atoms with E-state index in [1.54, 1.807) is 0 Å². The molecule has 0 bridgehead atoms. The van der Waals surface area contributed by atoms with Crippen molar-refractivity contribution in [2.24, 2.45) is 0 Å². The van der Waals surface area contributed by atoms with E-state index < -0.39 is 87.3 Å². The summed E-state index contributed by atoms with van der Waals surface area (Å²) in [6.45, 7) is 2.96. The molecule has 0 radical (unpaired) electrons. The van der Waals surface area contributed by atoms with Gasteiger partial charge in [0.2, 0.25) is 5.82 Å². The minimum atomic E-state index is -5.20. The number of amides is 1. The number of carbonyl (C=O) groups excluding carboxylic acids is 2. The summed E-state index contributed by atoms with van der Waals surface area (Å²) in [5.41, 5.74) is -8.01. The van der Waals surface area contributed by atoms with Gasteiger partial charge >= 0.3 is 17.6 Å². The van der Waals surface area contributed by atoms with E-state index in [0.717, 1.165) is 0 Å². The van der Waals surface area contributed by atoms with E-state index in [1.807, 2.05) is 0 Å². The summed E-state index contributed by atoms with van der Waals surface area (Å²) >= 11 is -1.11. The number of rotatable bonds is 3. The maximum atomic E-state index is 14.0. The minimum Gasteiger partial charge on any atom is -0.442 e. The van der Waals surface area contributed by atoms with Crippen molar-refractivity contribution in [3.05, 3.63) is 34.6 Å². The van der Waals surface area contributed by atoms with Gasteiger partial charge in [0.15, 0.2) is 23.3 Å². The number of thioether (sulfide) groups is 1. The molecule has 0 aromatic heterocycles. The summed E-state index contributed by atoms with van der Waals surface area (Å²) < 4.78 is 109. The summed E-state index contributed by atoms with van der Waals surface area (Å²) in [4.78, 5) is 28.7. The molecule has 30 heavy (non-hydrogen) atoms. The molecular weight excluding hydrogens is 454 g/mol. The van der Waals surface area contributed by atoms with Crippen LogP contribution in [0.1, 0.15) is 26.3 Å². The van der Waals surface area contributed by atoms with Gasteiger partial charge in [-0.05, 0) is 32.5 Å². The fourth-order valence-electron chi connectivity index (χ4n) is 2.48. The van der Waals surface area contributed by atoms with Crippen molar-refractivity contribution in [1.29, 1.82) is 0 Å². The number of ether oxygens (including phenoxy) is 1. The Labute approximate surface area is 168 Å². The molecule has 1 aromatic carbocycles. The van der Waals surface area contributed by atoms with Crippen LogP contribution in [0.5, 0.6) is 0 Å². The van der Waals surface area contributed by atoms with Crippen LogP contribution in [0.3, 0.4) is 0 Å². The van der Waals surface area contributed by atoms with Gasteiger partial charge in [0.25, 0.3) is 0 Å². The Morgan fingerprint density at radius 3 is 1.93 bits per heavy atom. The highest BCUT2D eigenvalue weighted by molar-refractivity contribution is 8.02. The van der Waals surface area contributed by atoms with Crippen molar-refractivity contribution in [2.45, 2.75) is 43.0 Å². The average molecular weight is 467 g/mol. The molecule has 2 rings (SSSR count). The Kier molecular flexibility index (Phi) is 6.23. The molecule has 1 amide bonds. The Morgan fingerprint density at radius 1 is 1.03 bits per heavy atom. The molecule has 1 aliphatic rings. The Bertz CT molecular complexity index is 856. The first kappa shape index (κ1) is 24.0. The van der Waals surface area contributed by atoms with Crippen LogP contribution >= 0.6 is 11.8 Å². The molecule has 0 spiro atoms. The third kappa shape index (κ3) is 4.90. The second-order valence-electron chi connectivity index (χ2n) is 7.16. The molecule has 1 saturated heterocycles. The predicted molar refractivity (Wildman–Crippen MR) is 85.3 cm³/mol. The van der Waals surface area contributed by atoms with Crippen LogP contribution in [0.2, 0.25) is 0 Å². The summed E-state index contributed by atoms with van der Waals surface area (Å²) in [6.07, 6.45) is -3.00. The lowest BCUT2D eigenvalue weighted by Gasteiger charge is -2.26. The SMILES string of the molecule is CC(C)(C)OC(=O)N1C[C@](Cc2c(F)c(F)c(F)c(F)c2F)(SC(F)(F)F)C(=O)O1. The van der Waals surface area contributed by atoms with E-state index in [4.69, 9.17) is 4.74 Å². The largest absolute Gasteiger partial charge is 0.443 e. The van der Waals surface area contributed by atoms with Gasteiger partial charge in [0, 0.05) is 12.0 Å². The highest BCUT2D eigenvalue weighted by Crippen LogP contribution is 2.47. The van der Waals surface area contributed by atoms with Crippen LogP contribution in [0, 0.1) is 29.1 Å². The first-order valence-electron chi connectivity index (χ1n) is 7.97. The highest BCUT2D eigenvalue weighted by atomic mass is 32.2. The third-order valence-electron chi connectivity index (χ3n) is 3.64. The van der Waals surface area contributed by atoms with Gasteiger partial charge in [0.05, 0.1) is 6.54 Å². The van der Waals surface area contributed by atoms with Gasteiger partial charge in [-0.25, -0.2) is 31.5 Å². The fourth-order valence-corrected chi connectivity index (χ4v) is 3.44. The zero-order valence-electron chi connectivity index (χ0n) is 15.4. The fraction of sp³-hybridized carbons (Fsp3) is 0.500. The van der Waals surface area contributed by atoms with Crippen LogP contribution in [0.4, 0.5) is 39.9 Å². The maximum absolute atomic E-state index is 14.0. The molecule has 0 aliphatic carbocycles. The van der Waals surface area contributed by atoms with Gasteiger partial charge in [-0.3, -0.25) is 0 Å². The first-order chi connectivity index (χ1) is 13.5. The van der Waals surface area contributed by atoms with Crippen molar-refractivity contribution in [3.8, 4) is 0 Å². The van der Waals surface area contributed by atoms with E-state index in [2.05, 4.69) is 4.84 Å². The lowest BCUT2D eigenvalue weighted by Crippen LogP contribution is -2.42. The molecule has 1 fully saturated rings. The van der Waals surface area contributed by atoms with Crippen molar-refractivity contribution in [1.82, 2.24) is 5.06 Å². The van der Waals surface area contributed by atoms with Gasteiger partial charge in [0.1, 0.15) is 10.3 Å². The highest BCUT2D eigenvalue weighted by Gasteiger charge is 2.58. The number of benzene rings is 1. The summed E-state index contributed by atoms with van der Waals surface area (Å²) in [7, 11) is 0. The second kappa shape index (κ2) is 7.78. The normalized spacial score (nSPS) is 19.8. The number of alkyl halides is 3. The van der Waals surface area contributed by atoms with E-state index in [1.165, 1.54) is 20.8 Å². The smallest absolute Gasteiger partial charge is 0.442 e. The predicted octanol–water partition coefficient (Wildman–Crippen LogP) is 4.63. The number of halogens is 8. The molecule has 1 aromatic rings. The summed E-state index contributed by atoms with van der Waals surface area (Å²) in [5.74, 6) is -13.9. The van der Waals surface area contributed by atoms with Crippen molar-refractivity contribution in [2.75, 3.05) is 6.54 Å². The molecule has 0 saturated carbocycles. The van der Waals surface area contributed by atoms with Gasteiger partial charge in [-0.2, -0.15) is 13.2 Å². The molecule has 1 heterocycles. The maximum Gasteiger partial charge on any atom is 0.443 e. The zero-order chi connectivity index (χ0) is 23.2. The van der Waals surface area contributed by atoms with Crippen molar-refractivity contribution < 1.29 is 54.3 Å². The number of hydrogen-bond donors (Lipinski definition) is 0. The molecule has 168 valence electrons. The number of carbonyl (C=O) groups is 2. The molecule has 0 N–H and O–H groups in total. The molecule has 0 unspecified atom stereocenters. The summed E-state index contributed by atoms with van der Waals surface area (Å²) in [6, 6.07) is 0. The molecule has 1 atom stereocenters. The van der Waals surface area contributed by atoms with E-state index in [0.29, 0.717) is 0 Å². The average Bonchev–Trinajstić information content (AvgIpc) is 2.89. The van der Waals surface area contributed by atoms with Crippen LogP contribution in [-0.4, -0.2) is 39.5 Å².